The van der Waals surface area contributed by atoms with Gasteiger partial charge in [0.15, 0.2) is 0 Å². The van der Waals surface area contributed by atoms with Crippen molar-refractivity contribution in [2.24, 2.45) is 11.8 Å². The van der Waals surface area contributed by atoms with E-state index in [4.69, 9.17) is 0 Å². The Morgan fingerprint density at radius 3 is 3.05 bits per heavy atom. The molecule has 0 radical (unpaired) electrons. The third-order valence-corrected chi connectivity index (χ3v) is 4.56. The van der Waals surface area contributed by atoms with Crippen molar-refractivity contribution in [2.45, 2.75) is 45.1 Å². The van der Waals surface area contributed by atoms with Gasteiger partial charge in [0.1, 0.15) is 0 Å². The van der Waals surface area contributed by atoms with Crippen molar-refractivity contribution in [2.75, 3.05) is 0 Å². The first-order chi connectivity index (χ1) is 9.81. The molecule has 0 spiro atoms. The highest BCUT2D eigenvalue weighted by atomic mass is 16.1. The van der Waals surface area contributed by atoms with Crippen molar-refractivity contribution in [1.82, 2.24) is 10.3 Å². The third-order valence-electron chi connectivity index (χ3n) is 4.56. The van der Waals surface area contributed by atoms with Crippen LogP contribution in [0.15, 0.2) is 36.0 Å². The average Bonchev–Trinajstić information content (AvgIpc) is 3.09. The minimum atomic E-state index is 0.121. The minimum Gasteiger partial charge on any atom is -0.350 e. The Labute approximate surface area is 120 Å². The molecule has 3 rings (SSSR count). The first-order valence-electron chi connectivity index (χ1n) is 7.67. The van der Waals surface area contributed by atoms with Crippen molar-refractivity contribution in [3.05, 3.63) is 41.7 Å². The van der Waals surface area contributed by atoms with Gasteiger partial charge >= 0.3 is 0 Å². The van der Waals surface area contributed by atoms with Crippen molar-refractivity contribution in [3.8, 4) is 0 Å². The molecular weight excluding hydrogens is 248 g/mol. The number of hydrogen-bond donors (Lipinski definition) is 1. The van der Waals surface area contributed by atoms with Gasteiger partial charge in [-0.15, -0.1) is 0 Å². The summed E-state index contributed by atoms with van der Waals surface area (Å²) in [5.41, 5.74) is 2.53. The quantitative estimate of drug-likeness (QED) is 0.835. The lowest BCUT2D eigenvalue weighted by molar-refractivity contribution is -0.121. The Kier molecular flexibility index (Phi) is 4.14. The zero-order chi connectivity index (χ0) is 13.8. The van der Waals surface area contributed by atoms with E-state index in [1.165, 1.54) is 25.7 Å². The smallest absolute Gasteiger partial charge is 0.220 e. The molecule has 0 aliphatic heterocycles. The first-order valence-corrected chi connectivity index (χ1v) is 7.67. The van der Waals surface area contributed by atoms with E-state index < -0.39 is 0 Å². The number of hydrogen-bond acceptors (Lipinski definition) is 2. The second-order valence-corrected chi connectivity index (χ2v) is 6.00. The molecule has 1 aromatic heterocycles. The summed E-state index contributed by atoms with van der Waals surface area (Å²) >= 11 is 0. The fraction of sp³-hybridized carbons (Fsp3) is 0.529. The zero-order valence-corrected chi connectivity index (χ0v) is 11.8. The van der Waals surface area contributed by atoms with Crippen LogP contribution in [0.3, 0.4) is 0 Å². The number of aromatic nitrogens is 1. The summed E-state index contributed by atoms with van der Waals surface area (Å²) in [4.78, 5) is 16.0. The van der Waals surface area contributed by atoms with Gasteiger partial charge < -0.3 is 5.32 Å². The summed E-state index contributed by atoms with van der Waals surface area (Å²) in [5.74, 6) is 1.91. The van der Waals surface area contributed by atoms with Crippen LogP contribution in [0.4, 0.5) is 0 Å². The van der Waals surface area contributed by atoms with E-state index in [2.05, 4.69) is 16.4 Å². The molecular formula is C17H22N2O. The number of fused-ring (bicyclic) bond motifs is 2. The summed E-state index contributed by atoms with van der Waals surface area (Å²) in [5, 5.41) is 2.93. The molecule has 0 saturated heterocycles. The van der Waals surface area contributed by atoms with Gasteiger partial charge in [-0.25, -0.2) is 0 Å². The van der Waals surface area contributed by atoms with Crippen LogP contribution >= 0.6 is 0 Å². The predicted octanol–water partition coefficient (Wildman–Crippen LogP) is 3.22. The van der Waals surface area contributed by atoms with Gasteiger partial charge in [0.25, 0.3) is 0 Å². The molecule has 1 amide bonds. The van der Waals surface area contributed by atoms with Crippen molar-refractivity contribution in [1.29, 1.82) is 0 Å². The average molecular weight is 270 g/mol. The lowest BCUT2D eigenvalue weighted by Crippen LogP contribution is -2.22. The second-order valence-electron chi connectivity index (χ2n) is 6.00. The van der Waals surface area contributed by atoms with E-state index in [-0.39, 0.29) is 5.91 Å². The predicted molar refractivity (Wildman–Crippen MR) is 78.8 cm³/mol. The van der Waals surface area contributed by atoms with E-state index in [0.29, 0.717) is 13.0 Å². The third kappa shape index (κ3) is 3.27. The molecule has 1 heterocycles. The molecule has 2 bridgehead atoms. The fourth-order valence-corrected chi connectivity index (χ4v) is 3.52. The number of carbonyl (C=O) groups is 1. The molecule has 2 atom stereocenters. The Hall–Kier alpha value is -1.64. The van der Waals surface area contributed by atoms with Crippen LogP contribution in [0, 0.1) is 11.8 Å². The highest BCUT2D eigenvalue weighted by Gasteiger charge is 2.34. The first kappa shape index (κ1) is 13.3. The number of rotatable bonds is 5. The van der Waals surface area contributed by atoms with Crippen LogP contribution in [-0.4, -0.2) is 10.9 Å². The van der Waals surface area contributed by atoms with Gasteiger partial charge in [-0.1, -0.05) is 17.7 Å². The summed E-state index contributed by atoms with van der Waals surface area (Å²) in [6, 6.07) is 5.75. The topological polar surface area (TPSA) is 42.0 Å². The molecule has 2 unspecified atom stereocenters. The molecule has 106 valence electrons. The van der Waals surface area contributed by atoms with Gasteiger partial charge in [0.2, 0.25) is 5.91 Å². The van der Waals surface area contributed by atoms with Crippen LogP contribution in [0.2, 0.25) is 0 Å². The molecule has 2 fully saturated rings. The van der Waals surface area contributed by atoms with E-state index in [0.717, 1.165) is 24.0 Å². The number of nitrogens with one attached hydrogen (secondary N) is 1. The number of nitrogens with zero attached hydrogens (tertiary/aromatic N) is 1. The van der Waals surface area contributed by atoms with Crippen LogP contribution < -0.4 is 5.32 Å². The Bertz CT molecular complexity index is 495. The second kappa shape index (κ2) is 6.21. The molecule has 0 aromatic carbocycles. The molecule has 1 aromatic rings. The molecule has 1 N–H and O–H groups in total. The van der Waals surface area contributed by atoms with Crippen LogP contribution in [0.25, 0.3) is 0 Å². The van der Waals surface area contributed by atoms with Gasteiger partial charge in [-0.3, -0.25) is 9.78 Å². The fourth-order valence-electron chi connectivity index (χ4n) is 3.52. The highest BCUT2D eigenvalue weighted by molar-refractivity contribution is 5.75. The van der Waals surface area contributed by atoms with Crippen molar-refractivity contribution in [3.63, 3.8) is 0 Å². The zero-order valence-electron chi connectivity index (χ0n) is 11.8. The molecule has 2 aliphatic carbocycles. The van der Waals surface area contributed by atoms with Crippen molar-refractivity contribution >= 4 is 5.91 Å². The lowest BCUT2D eigenvalue weighted by atomic mass is 9.94. The number of pyridine rings is 1. The number of carbonyl (C=O) groups excluding carboxylic acids is 1. The SMILES string of the molecule is O=C(CC/C=C1/CC2CCC1C2)NCc1ccccn1. The largest absolute Gasteiger partial charge is 0.350 e. The maximum Gasteiger partial charge on any atom is 0.220 e. The standard InChI is InChI=1S/C17H22N2O/c20-17(19-12-16-5-1-2-9-18-16)6-3-4-14-10-13-7-8-15(14)11-13/h1-2,4-5,9,13,15H,3,6-8,10-12H2,(H,19,20)/b14-4-. The summed E-state index contributed by atoms with van der Waals surface area (Å²) in [6.07, 6.45) is 11.0. The van der Waals surface area contributed by atoms with E-state index in [1.54, 1.807) is 11.8 Å². The minimum absolute atomic E-state index is 0.121. The summed E-state index contributed by atoms with van der Waals surface area (Å²) in [6.45, 7) is 0.529. The van der Waals surface area contributed by atoms with E-state index >= 15 is 0 Å². The van der Waals surface area contributed by atoms with Gasteiger partial charge in [-0.2, -0.15) is 0 Å². The van der Waals surface area contributed by atoms with E-state index in [1.807, 2.05) is 18.2 Å². The molecule has 3 heteroatoms. The molecule has 20 heavy (non-hydrogen) atoms. The summed E-state index contributed by atoms with van der Waals surface area (Å²) in [7, 11) is 0. The van der Waals surface area contributed by atoms with Crippen molar-refractivity contribution < 1.29 is 4.79 Å². The molecule has 2 saturated carbocycles. The van der Waals surface area contributed by atoms with Crippen LogP contribution in [-0.2, 0) is 11.3 Å². The lowest BCUT2D eigenvalue weighted by Gasteiger charge is -2.12. The number of amides is 1. The summed E-state index contributed by atoms with van der Waals surface area (Å²) < 4.78 is 0. The number of allylic oxidation sites excluding steroid dienone is 2. The van der Waals surface area contributed by atoms with Gasteiger partial charge in [-0.05, 0) is 56.1 Å². The van der Waals surface area contributed by atoms with E-state index in [9.17, 15) is 4.79 Å². The molecule has 2 aliphatic rings. The normalized spacial score (nSPS) is 26.1. The highest BCUT2D eigenvalue weighted by Crippen LogP contribution is 2.47. The van der Waals surface area contributed by atoms with Crippen LogP contribution in [0.1, 0.15) is 44.2 Å². The molecule has 3 nitrogen and oxygen atoms in total. The Morgan fingerprint density at radius 2 is 2.35 bits per heavy atom. The van der Waals surface area contributed by atoms with Gasteiger partial charge in [0.05, 0.1) is 12.2 Å². The Balaban J connectivity index is 1.38. The Morgan fingerprint density at radius 1 is 1.40 bits per heavy atom. The van der Waals surface area contributed by atoms with Gasteiger partial charge in [0, 0.05) is 12.6 Å². The monoisotopic (exact) mass is 270 g/mol. The maximum absolute atomic E-state index is 11.8. The van der Waals surface area contributed by atoms with Crippen LogP contribution in [0.5, 0.6) is 0 Å². The maximum atomic E-state index is 11.8.